The van der Waals surface area contributed by atoms with Crippen LogP contribution in [0, 0.1) is 10.1 Å². The molecule has 0 unspecified atom stereocenters. The van der Waals surface area contributed by atoms with Gasteiger partial charge in [-0.2, -0.15) is 0 Å². The minimum absolute atomic E-state index is 0.127. The first kappa shape index (κ1) is 8.10. The highest BCUT2D eigenvalue weighted by Crippen LogP contribution is 1.94. The lowest BCUT2D eigenvalue weighted by molar-refractivity contribution is -0.430. The third-order valence-electron chi connectivity index (χ3n) is 0.836. The first-order chi connectivity index (χ1) is 4.22. The van der Waals surface area contributed by atoms with Crippen molar-refractivity contribution in [1.82, 2.24) is 0 Å². The number of nitro groups is 1. The Kier molecular flexibility index (Phi) is 3.62. The molecule has 0 saturated heterocycles. The van der Waals surface area contributed by atoms with Gasteiger partial charge in [0.15, 0.2) is 0 Å². The van der Waals surface area contributed by atoms with Crippen LogP contribution in [0.4, 0.5) is 0 Å². The first-order valence-corrected chi connectivity index (χ1v) is 2.66. The Balaban J connectivity index is 3.98. The summed E-state index contributed by atoms with van der Waals surface area (Å²) in [4.78, 5) is 9.32. The molecule has 0 rings (SSSR count). The molecule has 0 spiro atoms. The molecule has 0 fully saturated rings. The number of hydrogen-bond acceptors (Lipinski definition) is 3. The molecule has 0 aromatic heterocycles. The van der Waals surface area contributed by atoms with Crippen LogP contribution in [-0.2, 0) is 0 Å². The fourth-order valence-corrected chi connectivity index (χ4v) is 0.432. The van der Waals surface area contributed by atoms with Crippen LogP contribution in [0.15, 0.2) is 11.8 Å². The molecule has 0 aliphatic carbocycles. The molecule has 0 aromatic carbocycles. The van der Waals surface area contributed by atoms with Gasteiger partial charge in [0.25, 0.3) is 5.70 Å². The van der Waals surface area contributed by atoms with E-state index >= 15 is 0 Å². The largest absolute Gasteiger partial charge is 0.385 e. The smallest absolute Gasteiger partial charge is 0.267 e. The predicted octanol–water partition coefficient (Wildman–Crippen LogP) is 0.549. The van der Waals surface area contributed by atoms with Crippen LogP contribution >= 0.6 is 0 Å². The van der Waals surface area contributed by atoms with E-state index in [0.29, 0.717) is 6.42 Å². The van der Waals surface area contributed by atoms with Crippen LogP contribution in [0.5, 0.6) is 0 Å². The van der Waals surface area contributed by atoms with Crippen LogP contribution in [0.25, 0.3) is 0 Å². The maximum atomic E-state index is 9.90. The number of aliphatic hydroxyl groups excluding tert-OH is 1. The maximum Gasteiger partial charge on any atom is 0.267 e. The fraction of sp³-hybridized carbons (Fsp3) is 0.600. The minimum Gasteiger partial charge on any atom is -0.385 e. The lowest BCUT2D eigenvalue weighted by atomic mass is 10.3. The van der Waals surface area contributed by atoms with E-state index in [0.717, 1.165) is 0 Å². The summed E-state index contributed by atoms with van der Waals surface area (Å²) in [5.41, 5.74) is -0.127. The van der Waals surface area contributed by atoms with Crippen molar-refractivity contribution < 1.29 is 10.0 Å². The molecule has 1 N–H and O–H groups in total. The molecule has 9 heavy (non-hydrogen) atoms. The van der Waals surface area contributed by atoms with Crippen molar-refractivity contribution in [3.05, 3.63) is 21.9 Å². The van der Waals surface area contributed by atoms with Crippen molar-refractivity contribution in [3.8, 4) is 0 Å². The highest BCUT2D eigenvalue weighted by atomic mass is 16.6. The zero-order chi connectivity index (χ0) is 7.28. The average Bonchev–Trinajstić information content (AvgIpc) is 1.82. The predicted molar refractivity (Wildman–Crippen MR) is 32.5 cm³/mol. The lowest BCUT2D eigenvalue weighted by Gasteiger charge is -1.89. The highest BCUT2D eigenvalue weighted by molar-refractivity contribution is 4.89. The van der Waals surface area contributed by atoms with E-state index in [1.807, 2.05) is 0 Å². The number of nitrogens with zero attached hydrogens (tertiary/aromatic N) is 1. The van der Waals surface area contributed by atoms with Gasteiger partial charge in [0.1, 0.15) is 6.61 Å². The van der Waals surface area contributed by atoms with E-state index in [9.17, 15) is 10.1 Å². The Morgan fingerprint density at radius 2 is 2.44 bits per heavy atom. The Morgan fingerprint density at radius 3 is 2.56 bits per heavy atom. The molecule has 0 bridgehead atoms. The summed E-state index contributed by atoms with van der Waals surface area (Å²) >= 11 is 0. The number of allylic oxidation sites excluding steroid dienone is 1. The van der Waals surface area contributed by atoms with E-state index in [-0.39, 0.29) is 5.70 Å². The summed E-state index contributed by atoms with van der Waals surface area (Å²) in [5, 5.41) is 18.2. The summed E-state index contributed by atoms with van der Waals surface area (Å²) in [6, 6.07) is 0. The molecule has 0 heterocycles. The molecule has 0 radical (unpaired) electrons. The Labute approximate surface area is 53.0 Å². The SMILES string of the molecule is CC/C=C(/CO)[N+](=O)[O-]. The molecule has 52 valence electrons. The molecule has 0 atom stereocenters. The second kappa shape index (κ2) is 4.03. The topological polar surface area (TPSA) is 63.4 Å². The summed E-state index contributed by atoms with van der Waals surface area (Å²) < 4.78 is 0. The Bertz CT molecular complexity index is 130. The van der Waals surface area contributed by atoms with E-state index in [2.05, 4.69) is 0 Å². The van der Waals surface area contributed by atoms with E-state index in [4.69, 9.17) is 5.11 Å². The molecule has 0 saturated carbocycles. The Hall–Kier alpha value is -0.900. The molecule has 0 aliphatic heterocycles. The zero-order valence-corrected chi connectivity index (χ0v) is 5.20. The monoisotopic (exact) mass is 131 g/mol. The van der Waals surface area contributed by atoms with Crippen LogP contribution < -0.4 is 0 Å². The van der Waals surface area contributed by atoms with Gasteiger partial charge in [0.05, 0.1) is 4.92 Å². The van der Waals surface area contributed by atoms with Crippen molar-refractivity contribution in [2.24, 2.45) is 0 Å². The number of rotatable bonds is 3. The van der Waals surface area contributed by atoms with Crippen LogP contribution in [-0.4, -0.2) is 16.6 Å². The summed E-state index contributed by atoms with van der Waals surface area (Å²) in [6.45, 7) is 1.29. The van der Waals surface area contributed by atoms with Gasteiger partial charge in [-0.05, 0) is 12.5 Å². The van der Waals surface area contributed by atoms with E-state index in [1.54, 1.807) is 6.92 Å². The van der Waals surface area contributed by atoms with Crippen molar-refractivity contribution >= 4 is 0 Å². The van der Waals surface area contributed by atoms with Crippen molar-refractivity contribution in [2.75, 3.05) is 6.61 Å². The molecular weight excluding hydrogens is 122 g/mol. The van der Waals surface area contributed by atoms with Crippen molar-refractivity contribution in [3.63, 3.8) is 0 Å². The van der Waals surface area contributed by atoms with Crippen LogP contribution in [0.1, 0.15) is 13.3 Å². The van der Waals surface area contributed by atoms with Gasteiger partial charge in [-0.25, -0.2) is 0 Å². The Morgan fingerprint density at radius 1 is 1.89 bits per heavy atom. The number of aliphatic hydroxyl groups is 1. The molecule has 4 heteroatoms. The summed E-state index contributed by atoms with van der Waals surface area (Å²) in [5.74, 6) is 0. The van der Waals surface area contributed by atoms with Gasteiger partial charge in [0.2, 0.25) is 0 Å². The standard InChI is InChI=1S/C5H9NO3/c1-2-3-5(4-7)6(8)9/h3,7H,2,4H2,1H3/b5-3-. The van der Waals surface area contributed by atoms with Gasteiger partial charge in [-0.15, -0.1) is 0 Å². The minimum atomic E-state index is -0.580. The molecular formula is C5H9NO3. The second-order valence-electron chi connectivity index (χ2n) is 1.52. The third-order valence-corrected chi connectivity index (χ3v) is 0.836. The fourth-order valence-electron chi connectivity index (χ4n) is 0.432. The van der Waals surface area contributed by atoms with Gasteiger partial charge in [0, 0.05) is 0 Å². The number of hydrogen-bond donors (Lipinski definition) is 1. The van der Waals surface area contributed by atoms with Crippen LogP contribution in [0.3, 0.4) is 0 Å². The van der Waals surface area contributed by atoms with Gasteiger partial charge >= 0.3 is 0 Å². The molecule has 0 aromatic rings. The van der Waals surface area contributed by atoms with Gasteiger partial charge < -0.3 is 5.11 Å². The molecule has 0 aliphatic rings. The lowest BCUT2D eigenvalue weighted by Crippen LogP contribution is -2.02. The van der Waals surface area contributed by atoms with Crippen LogP contribution in [0.2, 0.25) is 0 Å². The third kappa shape index (κ3) is 2.81. The highest BCUT2D eigenvalue weighted by Gasteiger charge is 2.04. The maximum absolute atomic E-state index is 9.90. The first-order valence-electron chi connectivity index (χ1n) is 2.66. The summed E-state index contributed by atoms with van der Waals surface area (Å²) in [7, 11) is 0. The van der Waals surface area contributed by atoms with Crippen molar-refractivity contribution in [2.45, 2.75) is 13.3 Å². The quantitative estimate of drug-likeness (QED) is 0.449. The van der Waals surface area contributed by atoms with Gasteiger partial charge in [-0.3, -0.25) is 10.1 Å². The zero-order valence-electron chi connectivity index (χ0n) is 5.20. The molecule has 0 amide bonds. The molecule has 4 nitrogen and oxygen atoms in total. The van der Waals surface area contributed by atoms with E-state index in [1.165, 1.54) is 6.08 Å². The second-order valence-corrected chi connectivity index (χ2v) is 1.52. The summed E-state index contributed by atoms with van der Waals surface area (Å²) in [6.07, 6.45) is 1.97. The normalized spacial score (nSPS) is 11.6. The average molecular weight is 131 g/mol. The van der Waals surface area contributed by atoms with Crippen molar-refractivity contribution in [1.29, 1.82) is 0 Å². The van der Waals surface area contributed by atoms with E-state index < -0.39 is 11.5 Å². The van der Waals surface area contributed by atoms with Gasteiger partial charge in [-0.1, -0.05) is 6.92 Å².